The Bertz CT molecular complexity index is 687. The van der Waals surface area contributed by atoms with E-state index < -0.39 is 0 Å². The largest absolute Gasteiger partial charge is 0.306 e. The van der Waals surface area contributed by atoms with E-state index in [1.165, 1.54) is 63.0 Å². The van der Waals surface area contributed by atoms with Gasteiger partial charge in [0.05, 0.1) is 0 Å². The maximum Gasteiger partial charge on any atom is 0.149 e. The Balaban J connectivity index is 2.00. The number of aldehydes is 1. The number of nitrogens with zero attached hydrogens (tertiary/aromatic N) is 2. The first-order valence-electron chi connectivity index (χ1n) is 11.2. The van der Waals surface area contributed by atoms with Crippen molar-refractivity contribution < 1.29 is 4.79 Å². The highest BCUT2D eigenvalue weighted by Crippen LogP contribution is 2.60. The summed E-state index contributed by atoms with van der Waals surface area (Å²) >= 11 is 0. The summed E-state index contributed by atoms with van der Waals surface area (Å²) in [4.78, 5) is 16.5. The molecular formula is C25H40N2O. The van der Waals surface area contributed by atoms with Gasteiger partial charge in [-0.1, -0.05) is 36.3 Å². The van der Waals surface area contributed by atoms with Gasteiger partial charge in [-0.2, -0.15) is 0 Å². The van der Waals surface area contributed by atoms with E-state index in [1.807, 2.05) is 19.1 Å². The molecule has 2 saturated heterocycles. The predicted octanol–water partition coefficient (Wildman–Crippen LogP) is 4.86. The molecule has 0 amide bonds. The summed E-state index contributed by atoms with van der Waals surface area (Å²) < 4.78 is 0. The summed E-state index contributed by atoms with van der Waals surface area (Å²) in [6.45, 7) is 16.4. The van der Waals surface area contributed by atoms with Gasteiger partial charge in [-0.05, 0) is 84.8 Å². The monoisotopic (exact) mass is 384 g/mol. The molecule has 3 unspecified atom stereocenters. The Morgan fingerprint density at radius 2 is 1.82 bits per heavy atom. The Morgan fingerprint density at radius 1 is 1.14 bits per heavy atom. The second kappa shape index (κ2) is 8.28. The van der Waals surface area contributed by atoms with Crippen LogP contribution < -0.4 is 0 Å². The molecule has 3 atom stereocenters. The number of fused-ring (bicyclic) bond motifs is 1. The number of carbonyl (C=O) groups is 1. The SMILES string of the molecule is C\C=C(C=O)/C=C\C(C)=C(/C)C12CCN(C)CCC1(C)C(C)N(CC1CC1)C2. The van der Waals surface area contributed by atoms with Crippen molar-refractivity contribution in [3.05, 3.63) is 34.9 Å². The molecule has 1 saturated carbocycles. The van der Waals surface area contributed by atoms with Crippen molar-refractivity contribution in [1.82, 2.24) is 9.80 Å². The van der Waals surface area contributed by atoms with E-state index in [2.05, 4.69) is 50.6 Å². The molecule has 1 aliphatic carbocycles. The molecule has 2 heterocycles. The molecule has 0 spiro atoms. The molecule has 0 aromatic carbocycles. The lowest BCUT2D eigenvalue weighted by molar-refractivity contribution is -0.104. The molecule has 3 aliphatic rings. The maximum absolute atomic E-state index is 11.2. The normalized spacial score (nSPS) is 36.4. The van der Waals surface area contributed by atoms with Gasteiger partial charge in [-0.3, -0.25) is 9.69 Å². The number of hydrogen-bond acceptors (Lipinski definition) is 3. The van der Waals surface area contributed by atoms with Gasteiger partial charge in [0.2, 0.25) is 0 Å². The average molecular weight is 385 g/mol. The van der Waals surface area contributed by atoms with Crippen LogP contribution in [0.5, 0.6) is 0 Å². The van der Waals surface area contributed by atoms with Crippen LogP contribution in [0.3, 0.4) is 0 Å². The quantitative estimate of drug-likeness (QED) is 0.371. The summed E-state index contributed by atoms with van der Waals surface area (Å²) in [5.41, 5.74) is 4.13. The Morgan fingerprint density at radius 3 is 2.43 bits per heavy atom. The second-order valence-corrected chi connectivity index (χ2v) is 9.90. The standard InChI is InChI=1S/C25H40N2O/c1-7-22(17-28)9-8-19(2)20(3)25-13-15-26(6)14-12-24(25,5)21(4)27(18-25)16-23-10-11-23/h7-9,17,21,23H,10-16,18H2,1-6H3/b9-8-,20-19+,22-7+. The van der Waals surface area contributed by atoms with Crippen molar-refractivity contribution in [2.45, 2.75) is 66.3 Å². The third-order valence-corrected chi connectivity index (χ3v) is 8.46. The number of likely N-dealkylation sites (tertiary alicyclic amines) is 2. The molecule has 0 bridgehead atoms. The number of allylic oxidation sites excluding steroid dienone is 5. The minimum absolute atomic E-state index is 0.220. The Hall–Kier alpha value is -1.19. The molecule has 3 nitrogen and oxygen atoms in total. The molecule has 3 fully saturated rings. The van der Waals surface area contributed by atoms with E-state index in [1.54, 1.807) is 0 Å². The minimum atomic E-state index is 0.220. The van der Waals surface area contributed by atoms with Gasteiger partial charge in [0.15, 0.2) is 0 Å². The third kappa shape index (κ3) is 3.80. The lowest BCUT2D eigenvalue weighted by atomic mass is 9.57. The fourth-order valence-corrected chi connectivity index (χ4v) is 5.71. The van der Waals surface area contributed by atoms with Crippen LogP contribution in [0.2, 0.25) is 0 Å². The Kier molecular flexibility index (Phi) is 6.36. The molecule has 0 aromatic rings. The van der Waals surface area contributed by atoms with Gasteiger partial charge in [-0.25, -0.2) is 0 Å². The second-order valence-electron chi connectivity index (χ2n) is 9.90. The lowest BCUT2D eigenvalue weighted by Crippen LogP contribution is -2.43. The van der Waals surface area contributed by atoms with Crippen molar-refractivity contribution in [3.8, 4) is 0 Å². The molecule has 2 aliphatic heterocycles. The molecule has 0 N–H and O–H groups in total. The molecule has 3 rings (SSSR count). The van der Waals surface area contributed by atoms with Gasteiger partial charge in [0.25, 0.3) is 0 Å². The molecule has 0 radical (unpaired) electrons. The zero-order chi connectivity index (χ0) is 20.5. The zero-order valence-electron chi connectivity index (χ0n) is 18.9. The van der Waals surface area contributed by atoms with Gasteiger partial charge >= 0.3 is 0 Å². The van der Waals surface area contributed by atoms with Crippen molar-refractivity contribution in [1.29, 1.82) is 0 Å². The van der Waals surface area contributed by atoms with E-state index in [9.17, 15) is 4.79 Å². The number of rotatable bonds is 6. The van der Waals surface area contributed by atoms with E-state index in [0.29, 0.717) is 11.5 Å². The van der Waals surface area contributed by atoms with Crippen LogP contribution in [0.25, 0.3) is 0 Å². The zero-order valence-corrected chi connectivity index (χ0v) is 18.9. The first-order valence-corrected chi connectivity index (χ1v) is 11.2. The van der Waals surface area contributed by atoms with Gasteiger partial charge in [-0.15, -0.1) is 0 Å². The number of carbonyl (C=O) groups excluding carboxylic acids is 1. The van der Waals surface area contributed by atoms with Gasteiger partial charge in [0, 0.05) is 30.1 Å². The van der Waals surface area contributed by atoms with E-state index in [4.69, 9.17) is 0 Å². The van der Waals surface area contributed by atoms with Crippen molar-refractivity contribution in [2.75, 3.05) is 33.2 Å². The molecule has 28 heavy (non-hydrogen) atoms. The van der Waals surface area contributed by atoms with Gasteiger partial charge in [0.1, 0.15) is 6.29 Å². The van der Waals surface area contributed by atoms with Crippen LogP contribution in [-0.2, 0) is 4.79 Å². The summed E-state index contributed by atoms with van der Waals surface area (Å²) in [5, 5.41) is 0. The first-order chi connectivity index (χ1) is 13.3. The highest BCUT2D eigenvalue weighted by Gasteiger charge is 2.60. The Labute approximate surface area is 172 Å². The van der Waals surface area contributed by atoms with Gasteiger partial charge < -0.3 is 4.90 Å². The first kappa shape index (κ1) is 21.5. The fourth-order valence-electron chi connectivity index (χ4n) is 5.71. The number of hydrogen-bond donors (Lipinski definition) is 0. The molecule has 0 aromatic heterocycles. The topological polar surface area (TPSA) is 23.6 Å². The summed E-state index contributed by atoms with van der Waals surface area (Å²) in [7, 11) is 2.28. The highest BCUT2D eigenvalue weighted by atomic mass is 16.1. The lowest BCUT2D eigenvalue weighted by Gasteiger charge is -2.45. The smallest absolute Gasteiger partial charge is 0.149 e. The van der Waals surface area contributed by atoms with Crippen molar-refractivity contribution in [3.63, 3.8) is 0 Å². The fraction of sp³-hybridized carbons (Fsp3) is 0.720. The van der Waals surface area contributed by atoms with Crippen molar-refractivity contribution >= 4 is 6.29 Å². The third-order valence-electron chi connectivity index (χ3n) is 8.46. The molecular weight excluding hydrogens is 344 g/mol. The van der Waals surface area contributed by atoms with Crippen LogP contribution in [0.4, 0.5) is 0 Å². The predicted molar refractivity (Wildman–Crippen MR) is 118 cm³/mol. The van der Waals surface area contributed by atoms with Crippen LogP contribution >= 0.6 is 0 Å². The van der Waals surface area contributed by atoms with Crippen molar-refractivity contribution in [2.24, 2.45) is 16.7 Å². The molecule has 156 valence electrons. The summed E-state index contributed by atoms with van der Waals surface area (Å²) in [6, 6.07) is 0.618. The minimum Gasteiger partial charge on any atom is -0.306 e. The average Bonchev–Trinajstić information content (AvgIpc) is 3.49. The van der Waals surface area contributed by atoms with E-state index in [-0.39, 0.29) is 5.41 Å². The highest BCUT2D eigenvalue weighted by molar-refractivity contribution is 5.77. The van der Waals surface area contributed by atoms with E-state index in [0.717, 1.165) is 17.8 Å². The van der Waals surface area contributed by atoms with Crippen LogP contribution in [0.1, 0.15) is 60.3 Å². The molecule has 3 heteroatoms. The maximum atomic E-state index is 11.2. The van der Waals surface area contributed by atoms with E-state index >= 15 is 0 Å². The summed E-state index contributed by atoms with van der Waals surface area (Å²) in [5.74, 6) is 0.934. The van der Waals surface area contributed by atoms with Crippen LogP contribution in [0.15, 0.2) is 34.9 Å². The van der Waals surface area contributed by atoms with Crippen LogP contribution in [-0.4, -0.2) is 55.4 Å². The van der Waals surface area contributed by atoms with Crippen LogP contribution in [0, 0.1) is 16.7 Å². The summed E-state index contributed by atoms with van der Waals surface area (Å²) in [6.07, 6.45) is 12.3.